The maximum atomic E-state index is 13.1. The third-order valence-corrected chi connectivity index (χ3v) is 3.79. The first-order valence-corrected chi connectivity index (χ1v) is 6.22. The van der Waals surface area contributed by atoms with Crippen molar-refractivity contribution < 1.29 is 32.6 Å². The van der Waals surface area contributed by atoms with E-state index in [1.165, 1.54) is 0 Å². The van der Waals surface area contributed by atoms with E-state index in [9.17, 15) is 22.8 Å². The molecule has 0 aromatic heterocycles. The van der Waals surface area contributed by atoms with Crippen molar-refractivity contribution in [2.45, 2.75) is 45.0 Å². The zero-order valence-corrected chi connectivity index (χ0v) is 11.3. The second-order valence-corrected chi connectivity index (χ2v) is 6.19. The van der Waals surface area contributed by atoms with Crippen LogP contribution in [0.4, 0.5) is 18.0 Å². The van der Waals surface area contributed by atoms with Crippen LogP contribution in [0.2, 0.25) is 0 Å². The van der Waals surface area contributed by atoms with E-state index in [1.807, 2.05) is 0 Å². The van der Waals surface area contributed by atoms with Gasteiger partial charge in [0, 0.05) is 12.5 Å². The third kappa shape index (κ3) is 1.92. The second-order valence-electron chi connectivity index (χ2n) is 6.19. The van der Waals surface area contributed by atoms with E-state index in [0.717, 1.165) is 4.90 Å². The van der Waals surface area contributed by atoms with Gasteiger partial charge in [-0.25, -0.2) is 4.79 Å². The van der Waals surface area contributed by atoms with Gasteiger partial charge in [-0.05, 0) is 27.2 Å². The molecule has 20 heavy (non-hydrogen) atoms. The van der Waals surface area contributed by atoms with Crippen molar-refractivity contribution in [2.75, 3.05) is 6.54 Å². The van der Waals surface area contributed by atoms with Gasteiger partial charge in [-0.2, -0.15) is 13.2 Å². The number of ether oxygens (including phenoxy) is 1. The fraction of sp³-hybridized carbons (Fsp3) is 0.833. The van der Waals surface area contributed by atoms with Gasteiger partial charge in [-0.3, -0.25) is 4.79 Å². The molecule has 1 N–H and O–H groups in total. The molecule has 1 amide bonds. The minimum Gasteiger partial charge on any atom is -0.481 e. The van der Waals surface area contributed by atoms with Crippen LogP contribution in [0.15, 0.2) is 0 Å². The van der Waals surface area contributed by atoms with Crippen LogP contribution in [-0.4, -0.2) is 46.4 Å². The molecule has 0 radical (unpaired) electrons. The Bertz CT molecular complexity index is 457. The highest BCUT2D eigenvalue weighted by Gasteiger charge is 2.86. The van der Waals surface area contributed by atoms with Crippen molar-refractivity contribution in [1.29, 1.82) is 0 Å². The number of fused-ring (bicyclic) bond motifs is 1. The summed E-state index contributed by atoms with van der Waals surface area (Å²) in [5, 5.41) is 8.98. The van der Waals surface area contributed by atoms with Gasteiger partial charge in [-0.1, -0.05) is 0 Å². The Morgan fingerprint density at radius 2 is 1.85 bits per heavy atom. The molecule has 1 aliphatic carbocycles. The van der Waals surface area contributed by atoms with Crippen LogP contribution in [0, 0.1) is 11.3 Å². The molecule has 0 unspecified atom stereocenters. The molecule has 2 fully saturated rings. The number of carbonyl (C=O) groups excluding carboxylic acids is 1. The number of carboxylic acid groups (broad SMARTS) is 1. The normalized spacial score (nSPS) is 32.8. The largest absolute Gasteiger partial charge is 0.481 e. The summed E-state index contributed by atoms with van der Waals surface area (Å²) < 4.78 is 44.3. The molecule has 1 aliphatic heterocycles. The van der Waals surface area contributed by atoms with Crippen molar-refractivity contribution in [1.82, 2.24) is 4.90 Å². The zero-order chi connectivity index (χ0) is 15.5. The summed E-state index contributed by atoms with van der Waals surface area (Å²) >= 11 is 0. The predicted octanol–water partition coefficient (Wildman–Crippen LogP) is 2.26. The number of hydrogen-bond acceptors (Lipinski definition) is 3. The number of carbonyl (C=O) groups is 2. The van der Waals surface area contributed by atoms with Crippen molar-refractivity contribution in [3.05, 3.63) is 0 Å². The van der Waals surface area contributed by atoms with E-state index in [0.29, 0.717) is 0 Å². The summed E-state index contributed by atoms with van der Waals surface area (Å²) in [6, 6.07) is -1.35. The summed E-state index contributed by atoms with van der Waals surface area (Å²) in [7, 11) is 0. The number of amides is 1. The molecule has 5 nitrogen and oxygen atoms in total. The maximum absolute atomic E-state index is 13.1. The van der Waals surface area contributed by atoms with Gasteiger partial charge >= 0.3 is 18.2 Å². The van der Waals surface area contributed by atoms with E-state index < -0.39 is 41.2 Å². The number of hydrogen-bond donors (Lipinski definition) is 1. The van der Waals surface area contributed by atoms with Crippen molar-refractivity contribution in [3.8, 4) is 0 Å². The van der Waals surface area contributed by atoms with Gasteiger partial charge in [-0.15, -0.1) is 0 Å². The molecule has 2 aliphatic rings. The highest BCUT2D eigenvalue weighted by atomic mass is 19.4. The molecule has 0 aromatic carbocycles. The minimum absolute atomic E-state index is 0.0235. The number of carboxylic acids is 1. The summed E-state index contributed by atoms with van der Waals surface area (Å²) in [6.07, 6.45) is -5.75. The quantitative estimate of drug-likeness (QED) is 0.805. The number of rotatable bonds is 1. The first-order chi connectivity index (χ1) is 8.93. The van der Waals surface area contributed by atoms with Crippen LogP contribution in [0.5, 0.6) is 0 Å². The van der Waals surface area contributed by atoms with Crippen LogP contribution >= 0.6 is 0 Å². The fourth-order valence-corrected chi connectivity index (χ4v) is 3.01. The second kappa shape index (κ2) is 4.02. The van der Waals surface area contributed by atoms with Gasteiger partial charge in [0.05, 0.1) is 6.04 Å². The zero-order valence-electron chi connectivity index (χ0n) is 11.3. The van der Waals surface area contributed by atoms with E-state index >= 15 is 0 Å². The molecule has 0 bridgehead atoms. The lowest BCUT2D eigenvalue weighted by Gasteiger charge is -2.28. The van der Waals surface area contributed by atoms with Crippen LogP contribution < -0.4 is 0 Å². The number of alkyl halides is 3. The van der Waals surface area contributed by atoms with Gasteiger partial charge in [0.2, 0.25) is 0 Å². The molecular formula is C12H16F3NO4. The lowest BCUT2D eigenvalue weighted by molar-refractivity contribution is -0.211. The molecule has 1 saturated carbocycles. The molecule has 0 aromatic rings. The third-order valence-electron chi connectivity index (χ3n) is 3.79. The van der Waals surface area contributed by atoms with E-state index in [4.69, 9.17) is 9.84 Å². The SMILES string of the molecule is CC(C)(C)OC(=O)N1CC[C@@H]2[C@H]1[C@]2(C(=O)O)C(F)(F)F. The predicted molar refractivity (Wildman–Crippen MR) is 61.0 cm³/mol. The Labute approximate surface area is 113 Å². The average molecular weight is 295 g/mol. The molecule has 0 spiro atoms. The topological polar surface area (TPSA) is 66.8 Å². The van der Waals surface area contributed by atoms with E-state index in [-0.39, 0.29) is 13.0 Å². The standard InChI is InChI=1S/C12H16F3NO4/c1-10(2,3)20-9(19)16-5-4-6-7(16)11(6,8(17)18)12(13,14)15/h6-7H,4-5H2,1-3H3,(H,17,18)/t6-,7+,11-/m1/s1. The Morgan fingerprint density at radius 3 is 2.20 bits per heavy atom. The lowest BCUT2D eigenvalue weighted by atomic mass is 9.99. The van der Waals surface area contributed by atoms with Gasteiger partial charge in [0.15, 0.2) is 5.41 Å². The highest BCUT2D eigenvalue weighted by molar-refractivity contribution is 5.84. The van der Waals surface area contributed by atoms with Crippen molar-refractivity contribution in [3.63, 3.8) is 0 Å². The Balaban J connectivity index is 2.22. The number of likely N-dealkylation sites (tertiary alicyclic amines) is 1. The van der Waals surface area contributed by atoms with E-state index in [2.05, 4.69) is 0 Å². The lowest BCUT2D eigenvalue weighted by Crippen LogP contribution is -2.46. The van der Waals surface area contributed by atoms with Crippen LogP contribution in [0.25, 0.3) is 0 Å². The van der Waals surface area contributed by atoms with Crippen LogP contribution in [-0.2, 0) is 9.53 Å². The summed E-state index contributed by atoms with van der Waals surface area (Å²) in [5.74, 6) is -3.00. The Morgan fingerprint density at radius 1 is 1.30 bits per heavy atom. The van der Waals surface area contributed by atoms with Crippen LogP contribution in [0.1, 0.15) is 27.2 Å². The number of aliphatic carboxylic acids is 1. The summed E-state index contributed by atoms with van der Waals surface area (Å²) in [4.78, 5) is 23.9. The molecule has 114 valence electrons. The van der Waals surface area contributed by atoms with Crippen LogP contribution in [0.3, 0.4) is 0 Å². The maximum Gasteiger partial charge on any atom is 0.410 e. The van der Waals surface area contributed by atoms with E-state index in [1.54, 1.807) is 20.8 Å². The van der Waals surface area contributed by atoms with Crippen molar-refractivity contribution in [2.24, 2.45) is 11.3 Å². The number of halogens is 3. The monoisotopic (exact) mass is 295 g/mol. The molecule has 2 rings (SSSR count). The fourth-order valence-electron chi connectivity index (χ4n) is 3.01. The first-order valence-electron chi connectivity index (χ1n) is 6.22. The Hall–Kier alpha value is -1.47. The minimum atomic E-state index is -4.88. The Kier molecular flexibility index (Phi) is 3.00. The summed E-state index contributed by atoms with van der Waals surface area (Å²) in [6.45, 7) is 4.88. The first kappa shape index (κ1) is 14.9. The molecule has 1 heterocycles. The molecule has 1 saturated heterocycles. The van der Waals surface area contributed by atoms with Gasteiger partial charge in [0.25, 0.3) is 0 Å². The average Bonchev–Trinajstić information content (AvgIpc) is 2.69. The van der Waals surface area contributed by atoms with Crippen molar-refractivity contribution >= 4 is 12.1 Å². The number of nitrogens with zero attached hydrogens (tertiary/aromatic N) is 1. The molecule has 3 atom stereocenters. The molecular weight excluding hydrogens is 279 g/mol. The smallest absolute Gasteiger partial charge is 0.410 e. The molecule has 8 heteroatoms. The number of piperidine rings is 1. The highest BCUT2D eigenvalue weighted by Crippen LogP contribution is 2.68. The van der Waals surface area contributed by atoms with Gasteiger partial charge in [0.1, 0.15) is 5.60 Å². The van der Waals surface area contributed by atoms with Gasteiger partial charge < -0.3 is 14.7 Å². The summed E-state index contributed by atoms with van der Waals surface area (Å²) in [5.41, 5.74) is -3.67.